The summed E-state index contributed by atoms with van der Waals surface area (Å²) in [7, 11) is 0. The van der Waals surface area contributed by atoms with Crippen molar-refractivity contribution in [3.63, 3.8) is 0 Å². The fourth-order valence-electron chi connectivity index (χ4n) is 2.75. The van der Waals surface area contributed by atoms with Crippen LogP contribution in [-0.4, -0.2) is 31.1 Å². The lowest BCUT2D eigenvalue weighted by Gasteiger charge is -2.20. The number of halogens is 3. The summed E-state index contributed by atoms with van der Waals surface area (Å²) in [5.41, 5.74) is 0.652. The number of hydrogen-bond acceptors (Lipinski definition) is 2. The molecule has 112 valence electrons. The molecule has 0 spiro atoms. The molecule has 0 amide bonds. The van der Waals surface area contributed by atoms with Crippen molar-refractivity contribution in [2.45, 2.75) is 26.3 Å². The Morgan fingerprint density at radius 2 is 2.20 bits per heavy atom. The predicted molar refractivity (Wildman–Crippen MR) is 83.1 cm³/mol. The van der Waals surface area contributed by atoms with Crippen molar-refractivity contribution in [3.05, 3.63) is 33.6 Å². The number of benzene rings is 1. The lowest BCUT2D eigenvalue weighted by atomic mass is 10.1. The number of likely N-dealkylation sites (tertiary alicyclic amines) is 1. The topological polar surface area (TPSA) is 15.3 Å². The highest BCUT2D eigenvalue weighted by molar-refractivity contribution is 6.36. The van der Waals surface area contributed by atoms with Crippen LogP contribution >= 0.6 is 23.2 Å². The van der Waals surface area contributed by atoms with Gasteiger partial charge in [-0.3, -0.25) is 0 Å². The minimum atomic E-state index is -0.419. The summed E-state index contributed by atoms with van der Waals surface area (Å²) in [6, 6.07) is 2.81. The smallest absolute Gasteiger partial charge is 0.142 e. The van der Waals surface area contributed by atoms with E-state index in [1.807, 2.05) is 6.92 Å². The van der Waals surface area contributed by atoms with Gasteiger partial charge in [-0.05, 0) is 51.0 Å². The molecule has 1 aliphatic rings. The SMILES string of the molecule is CCN1CCC(CNC(C)c2c(Cl)ccc(F)c2Cl)C1. The minimum absolute atomic E-state index is 0.0543. The second kappa shape index (κ2) is 7.08. The Hall–Kier alpha value is -0.350. The van der Waals surface area contributed by atoms with Crippen LogP contribution in [0, 0.1) is 11.7 Å². The zero-order chi connectivity index (χ0) is 14.7. The van der Waals surface area contributed by atoms with Crippen LogP contribution in [0.3, 0.4) is 0 Å². The molecule has 1 aliphatic heterocycles. The van der Waals surface area contributed by atoms with Crippen LogP contribution in [0.4, 0.5) is 4.39 Å². The van der Waals surface area contributed by atoms with Crippen LogP contribution in [0.15, 0.2) is 12.1 Å². The summed E-state index contributed by atoms with van der Waals surface area (Å²) in [5.74, 6) is 0.223. The van der Waals surface area contributed by atoms with Crippen molar-refractivity contribution in [3.8, 4) is 0 Å². The van der Waals surface area contributed by atoms with Gasteiger partial charge in [0.15, 0.2) is 0 Å². The highest BCUT2D eigenvalue weighted by Crippen LogP contribution is 2.32. The van der Waals surface area contributed by atoms with Crippen molar-refractivity contribution in [2.24, 2.45) is 5.92 Å². The fraction of sp³-hybridized carbons (Fsp3) is 0.600. The van der Waals surface area contributed by atoms with Crippen LogP contribution in [0.25, 0.3) is 0 Å². The maximum absolute atomic E-state index is 13.5. The van der Waals surface area contributed by atoms with Crippen LogP contribution < -0.4 is 5.32 Å². The second-order valence-electron chi connectivity index (χ2n) is 5.43. The number of hydrogen-bond donors (Lipinski definition) is 1. The van der Waals surface area contributed by atoms with E-state index in [-0.39, 0.29) is 11.1 Å². The van der Waals surface area contributed by atoms with Gasteiger partial charge in [-0.25, -0.2) is 4.39 Å². The Morgan fingerprint density at radius 1 is 1.45 bits per heavy atom. The zero-order valence-corrected chi connectivity index (χ0v) is 13.4. The van der Waals surface area contributed by atoms with Crippen molar-refractivity contribution < 1.29 is 4.39 Å². The van der Waals surface area contributed by atoms with Gasteiger partial charge in [-0.15, -0.1) is 0 Å². The molecular weight excluding hydrogens is 298 g/mol. The molecule has 2 nitrogen and oxygen atoms in total. The molecule has 0 bridgehead atoms. The van der Waals surface area contributed by atoms with E-state index in [1.165, 1.54) is 19.0 Å². The van der Waals surface area contributed by atoms with Gasteiger partial charge in [0.2, 0.25) is 0 Å². The predicted octanol–water partition coefficient (Wildman–Crippen LogP) is 4.12. The van der Waals surface area contributed by atoms with E-state index in [9.17, 15) is 4.39 Å². The quantitative estimate of drug-likeness (QED) is 0.821. The third-order valence-corrected chi connectivity index (χ3v) is 4.76. The third-order valence-electron chi connectivity index (χ3n) is 4.04. The zero-order valence-electron chi connectivity index (χ0n) is 11.9. The first-order chi connectivity index (χ1) is 9.52. The van der Waals surface area contributed by atoms with Gasteiger partial charge in [0.05, 0.1) is 5.02 Å². The summed E-state index contributed by atoms with van der Waals surface area (Å²) in [4.78, 5) is 2.44. The fourth-order valence-corrected chi connectivity index (χ4v) is 3.45. The number of nitrogens with zero attached hydrogens (tertiary/aromatic N) is 1. The van der Waals surface area contributed by atoms with Gasteiger partial charge in [-0.1, -0.05) is 30.1 Å². The summed E-state index contributed by atoms with van der Waals surface area (Å²) in [6.07, 6.45) is 1.21. The molecule has 1 aromatic rings. The first-order valence-electron chi connectivity index (χ1n) is 7.12. The maximum Gasteiger partial charge on any atom is 0.142 e. The van der Waals surface area contributed by atoms with Crippen LogP contribution in [0.2, 0.25) is 10.0 Å². The van der Waals surface area contributed by atoms with Gasteiger partial charge in [0.25, 0.3) is 0 Å². The Balaban J connectivity index is 1.96. The van der Waals surface area contributed by atoms with Crippen LogP contribution in [-0.2, 0) is 0 Å². The molecule has 0 radical (unpaired) electrons. The molecule has 2 unspecified atom stereocenters. The van der Waals surface area contributed by atoms with E-state index in [2.05, 4.69) is 17.1 Å². The molecule has 5 heteroatoms. The van der Waals surface area contributed by atoms with Crippen molar-refractivity contribution >= 4 is 23.2 Å². The van der Waals surface area contributed by atoms with E-state index in [1.54, 1.807) is 6.07 Å². The summed E-state index contributed by atoms with van der Waals surface area (Å²) >= 11 is 12.2. The second-order valence-corrected chi connectivity index (χ2v) is 6.22. The van der Waals surface area contributed by atoms with Crippen LogP contribution in [0.5, 0.6) is 0 Å². The molecular formula is C15H21Cl2FN2. The molecule has 1 heterocycles. The molecule has 2 atom stereocenters. The van der Waals surface area contributed by atoms with E-state index in [4.69, 9.17) is 23.2 Å². The average molecular weight is 319 g/mol. The molecule has 1 N–H and O–H groups in total. The lowest BCUT2D eigenvalue weighted by Crippen LogP contribution is -2.28. The molecule has 0 aromatic heterocycles. The average Bonchev–Trinajstić information content (AvgIpc) is 2.89. The molecule has 1 aromatic carbocycles. The Morgan fingerprint density at radius 3 is 2.85 bits per heavy atom. The first-order valence-corrected chi connectivity index (χ1v) is 7.87. The van der Waals surface area contributed by atoms with Crippen molar-refractivity contribution in [1.29, 1.82) is 0 Å². The minimum Gasteiger partial charge on any atom is -0.310 e. The van der Waals surface area contributed by atoms with Gasteiger partial charge in [0, 0.05) is 23.2 Å². The first kappa shape index (κ1) is 16.0. The van der Waals surface area contributed by atoms with E-state index < -0.39 is 5.82 Å². The van der Waals surface area contributed by atoms with Gasteiger partial charge in [-0.2, -0.15) is 0 Å². The Labute approximate surface area is 130 Å². The highest BCUT2D eigenvalue weighted by Gasteiger charge is 2.23. The molecule has 1 fully saturated rings. The molecule has 0 aliphatic carbocycles. The summed E-state index contributed by atoms with van der Waals surface area (Å²) in [6.45, 7) is 8.46. The van der Waals surface area contributed by atoms with Crippen molar-refractivity contribution in [2.75, 3.05) is 26.2 Å². The van der Waals surface area contributed by atoms with Gasteiger partial charge in [0.1, 0.15) is 5.82 Å². The Kier molecular flexibility index (Phi) is 5.67. The monoisotopic (exact) mass is 318 g/mol. The van der Waals surface area contributed by atoms with Crippen molar-refractivity contribution in [1.82, 2.24) is 10.2 Å². The van der Waals surface area contributed by atoms with E-state index in [0.29, 0.717) is 16.5 Å². The third kappa shape index (κ3) is 3.64. The highest BCUT2D eigenvalue weighted by atomic mass is 35.5. The van der Waals surface area contributed by atoms with Crippen LogP contribution in [0.1, 0.15) is 31.9 Å². The number of nitrogens with one attached hydrogen (secondary N) is 1. The summed E-state index contributed by atoms with van der Waals surface area (Å²) in [5, 5.41) is 4.07. The number of rotatable bonds is 5. The van der Waals surface area contributed by atoms with Gasteiger partial charge >= 0.3 is 0 Å². The largest absolute Gasteiger partial charge is 0.310 e. The standard InChI is InChI=1S/C15H21Cl2FN2/c1-3-20-7-6-11(9-20)8-19-10(2)14-12(16)4-5-13(18)15(14)17/h4-5,10-11,19H,3,6-9H2,1-2H3. The molecule has 20 heavy (non-hydrogen) atoms. The lowest BCUT2D eigenvalue weighted by molar-refractivity contribution is 0.336. The Bertz CT molecular complexity index is 467. The van der Waals surface area contributed by atoms with E-state index >= 15 is 0 Å². The normalized spacial score (nSPS) is 21.4. The molecule has 0 saturated carbocycles. The maximum atomic E-state index is 13.5. The van der Waals surface area contributed by atoms with E-state index in [0.717, 1.165) is 19.6 Å². The van der Waals surface area contributed by atoms with Gasteiger partial charge < -0.3 is 10.2 Å². The molecule has 2 rings (SSSR count). The molecule has 1 saturated heterocycles. The summed E-state index contributed by atoms with van der Waals surface area (Å²) < 4.78 is 13.5.